The zero-order valence-corrected chi connectivity index (χ0v) is 12.5. The molecule has 2 heteroatoms. The van der Waals surface area contributed by atoms with E-state index < -0.39 is 0 Å². The highest BCUT2D eigenvalue weighted by atomic mass is 16.5. The summed E-state index contributed by atoms with van der Waals surface area (Å²) >= 11 is 0. The predicted molar refractivity (Wildman–Crippen MR) is 83.5 cm³/mol. The van der Waals surface area contributed by atoms with E-state index in [1.54, 1.807) is 0 Å². The standard InChI is InChI=1S/C18H24O2/c1-15(2)16(3)10-6-5-9-13-20-18(19)14-17-11-7-4-8-12-17/h4,6-8,10-12,16H,1,5,9,13-14H2,2-3H3/b10-6+. The highest BCUT2D eigenvalue weighted by molar-refractivity contribution is 5.72. The SMILES string of the molecule is C=C(C)C(C)/C=C/CCCOC(=O)Cc1ccccc1. The average Bonchev–Trinajstić information content (AvgIpc) is 2.43. The Morgan fingerprint density at radius 2 is 2.05 bits per heavy atom. The molecule has 1 aromatic rings. The maximum atomic E-state index is 11.6. The number of carbonyl (C=O) groups excluding carboxylic acids is 1. The van der Waals surface area contributed by atoms with Crippen LogP contribution in [0, 0.1) is 5.92 Å². The lowest BCUT2D eigenvalue weighted by Crippen LogP contribution is -2.08. The van der Waals surface area contributed by atoms with Gasteiger partial charge in [0.25, 0.3) is 0 Å². The van der Waals surface area contributed by atoms with Gasteiger partial charge in [-0.25, -0.2) is 0 Å². The van der Waals surface area contributed by atoms with Crippen LogP contribution in [-0.2, 0) is 16.0 Å². The summed E-state index contributed by atoms with van der Waals surface area (Å²) in [7, 11) is 0. The van der Waals surface area contributed by atoms with E-state index in [0.717, 1.165) is 24.0 Å². The van der Waals surface area contributed by atoms with Gasteiger partial charge < -0.3 is 4.74 Å². The van der Waals surface area contributed by atoms with Crippen LogP contribution in [0.2, 0.25) is 0 Å². The lowest BCUT2D eigenvalue weighted by Gasteiger charge is -2.05. The van der Waals surface area contributed by atoms with Crippen LogP contribution in [0.3, 0.4) is 0 Å². The van der Waals surface area contributed by atoms with Crippen molar-refractivity contribution in [3.05, 3.63) is 60.2 Å². The second-order valence-corrected chi connectivity index (χ2v) is 5.09. The van der Waals surface area contributed by atoms with Crippen LogP contribution in [0.5, 0.6) is 0 Å². The van der Waals surface area contributed by atoms with Crippen LogP contribution in [0.25, 0.3) is 0 Å². The number of benzene rings is 1. The van der Waals surface area contributed by atoms with Crippen LogP contribution in [0.1, 0.15) is 32.3 Å². The van der Waals surface area contributed by atoms with Crippen molar-refractivity contribution in [1.29, 1.82) is 0 Å². The van der Waals surface area contributed by atoms with Gasteiger partial charge in [0.1, 0.15) is 0 Å². The Morgan fingerprint density at radius 3 is 2.70 bits per heavy atom. The number of hydrogen-bond acceptors (Lipinski definition) is 2. The molecule has 0 aromatic heterocycles. The van der Waals surface area contributed by atoms with E-state index in [0.29, 0.717) is 18.9 Å². The van der Waals surface area contributed by atoms with Crippen molar-refractivity contribution in [3.8, 4) is 0 Å². The molecular weight excluding hydrogens is 248 g/mol. The van der Waals surface area contributed by atoms with E-state index in [2.05, 4.69) is 25.7 Å². The lowest BCUT2D eigenvalue weighted by atomic mass is 10.0. The van der Waals surface area contributed by atoms with E-state index in [1.807, 2.05) is 37.3 Å². The molecule has 0 heterocycles. The molecule has 20 heavy (non-hydrogen) atoms. The van der Waals surface area contributed by atoms with Gasteiger partial charge in [-0.1, -0.05) is 61.6 Å². The maximum Gasteiger partial charge on any atom is 0.310 e. The molecule has 1 unspecified atom stereocenters. The number of ether oxygens (including phenoxy) is 1. The van der Waals surface area contributed by atoms with E-state index in [1.165, 1.54) is 0 Å². The molecule has 0 radical (unpaired) electrons. The number of allylic oxidation sites excluding steroid dienone is 3. The smallest absolute Gasteiger partial charge is 0.310 e. The quantitative estimate of drug-likeness (QED) is 0.400. The average molecular weight is 272 g/mol. The lowest BCUT2D eigenvalue weighted by molar-refractivity contribution is -0.142. The first-order chi connectivity index (χ1) is 9.59. The molecule has 0 fully saturated rings. The van der Waals surface area contributed by atoms with E-state index in [9.17, 15) is 4.79 Å². The molecule has 0 saturated carbocycles. The summed E-state index contributed by atoms with van der Waals surface area (Å²) in [5.41, 5.74) is 2.16. The van der Waals surface area contributed by atoms with Gasteiger partial charge in [0, 0.05) is 0 Å². The van der Waals surface area contributed by atoms with Gasteiger partial charge in [0.2, 0.25) is 0 Å². The highest BCUT2D eigenvalue weighted by Gasteiger charge is 2.03. The molecular formula is C18H24O2. The van der Waals surface area contributed by atoms with Gasteiger partial charge in [0.05, 0.1) is 13.0 Å². The summed E-state index contributed by atoms with van der Waals surface area (Å²) in [5, 5.41) is 0. The Labute approximate surface area is 122 Å². The summed E-state index contributed by atoms with van der Waals surface area (Å²) in [5.74, 6) is 0.256. The van der Waals surface area contributed by atoms with Gasteiger partial charge in [-0.15, -0.1) is 0 Å². The molecule has 2 nitrogen and oxygen atoms in total. The summed E-state index contributed by atoms with van der Waals surface area (Å²) in [6.45, 7) is 8.55. The number of hydrogen-bond donors (Lipinski definition) is 0. The Morgan fingerprint density at radius 1 is 1.35 bits per heavy atom. The minimum atomic E-state index is -0.157. The molecule has 0 saturated heterocycles. The Bertz CT molecular complexity index is 446. The third kappa shape index (κ3) is 6.93. The van der Waals surface area contributed by atoms with Crippen LogP contribution in [0.4, 0.5) is 0 Å². The van der Waals surface area contributed by atoms with Crippen LogP contribution in [-0.4, -0.2) is 12.6 Å². The predicted octanol–water partition coefficient (Wildman–Crippen LogP) is 4.32. The zero-order chi connectivity index (χ0) is 14.8. The van der Waals surface area contributed by atoms with Crippen molar-refractivity contribution in [2.45, 2.75) is 33.1 Å². The summed E-state index contributed by atoms with van der Waals surface area (Å²) < 4.78 is 5.21. The summed E-state index contributed by atoms with van der Waals surface area (Å²) in [6, 6.07) is 9.66. The molecule has 1 rings (SSSR count). The van der Waals surface area contributed by atoms with E-state index in [4.69, 9.17) is 4.74 Å². The van der Waals surface area contributed by atoms with Crippen molar-refractivity contribution in [3.63, 3.8) is 0 Å². The normalized spacial score (nSPS) is 12.3. The molecule has 0 aliphatic carbocycles. The van der Waals surface area contributed by atoms with Gasteiger partial charge in [-0.3, -0.25) is 4.79 Å². The Hall–Kier alpha value is -1.83. The van der Waals surface area contributed by atoms with Gasteiger partial charge >= 0.3 is 5.97 Å². The van der Waals surface area contributed by atoms with Crippen molar-refractivity contribution >= 4 is 5.97 Å². The molecule has 0 N–H and O–H groups in total. The number of rotatable bonds is 8. The second-order valence-electron chi connectivity index (χ2n) is 5.09. The topological polar surface area (TPSA) is 26.3 Å². The van der Waals surface area contributed by atoms with Gasteiger partial charge in [-0.05, 0) is 31.2 Å². The fourth-order valence-electron chi connectivity index (χ4n) is 1.67. The van der Waals surface area contributed by atoms with Crippen LogP contribution < -0.4 is 0 Å². The van der Waals surface area contributed by atoms with Gasteiger partial charge in [0.15, 0.2) is 0 Å². The zero-order valence-electron chi connectivity index (χ0n) is 12.5. The highest BCUT2D eigenvalue weighted by Crippen LogP contribution is 2.09. The third-order valence-electron chi connectivity index (χ3n) is 3.17. The van der Waals surface area contributed by atoms with Crippen molar-refractivity contribution < 1.29 is 9.53 Å². The second kappa shape index (κ2) is 9.13. The molecule has 1 atom stereocenters. The molecule has 0 bridgehead atoms. The molecule has 0 aliphatic rings. The van der Waals surface area contributed by atoms with Crippen molar-refractivity contribution in [2.75, 3.05) is 6.61 Å². The van der Waals surface area contributed by atoms with E-state index >= 15 is 0 Å². The maximum absolute atomic E-state index is 11.6. The molecule has 0 aliphatic heterocycles. The number of carbonyl (C=O) groups is 1. The molecule has 1 aromatic carbocycles. The first kappa shape index (κ1) is 16.2. The molecule has 0 spiro atoms. The minimum absolute atomic E-state index is 0.157. The third-order valence-corrected chi connectivity index (χ3v) is 3.17. The Kier molecular flexibility index (Phi) is 7.41. The van der Waals surface area contributed by atoms with Crippen molar-refractivity contribution in [2.24, 2.45) is 5.92 Å². The fourth-order valence-corrected chi connectivity index (χ4v) is 1.67. The molecule has 0 amide bonds. The first-order valence-corrected chi connectivity index (χ1v) is 7.11. The Balaban J connectivity index is 2.12. The first-order valence-electron chi connectivity index (χ1n) is 7.11. The number of esters is 1. The van der Waals surface area contributed by atoms with E-state index in [-0.39, 0.29) is 5.97 Å². The van der Waals surface area contributed by atoms with Crippen molar-refractivity contribution in [1.82, 2.24) is 0 Å². The fraction of sp³-hybridized carbons (Fsp3) is 0.389. The number of unbranched alkanes of at least 4 members (excludes halogenated alkanes) is 1. The largest absolute Gasteiger partial charge is 0.465 e. The van der Waals surface area contributed by atoms with Crippen LogP contribution in [0.15, 0.2) is 54.6 Å². The van der Waals surface area contributed by atoms with Crippen LogP contribution >= 0.6 is 0 Å². The molecule has 108 valence electrons. The van der Waals surface area contributed by atoms with Gasteiger partial charge in [-0.2, -0.15) is 0 Å². The minimum Gasteiger partial charge on any atom is -0.465 e. The monoisotopic (exact) mass is 272 g/mol. The summed E-state index contributed by atoms with van der Waals surface area (Å²) in [4.78, 5) is 11.6. The summed E-state index contributed by atoms with van der Waals surface area (Å²) in [6.07, 6.45) is 6.41.